The Bertz CT molecular complexity index is 802. The molecule has 1 aliphatic heterocycles. The van der Waals surface area contributed by atoms with Crippen LogP contribution < -0.4 is 4.74 Å². The normalized spacial score (nSPS) is 19.3. The van der Waals surface area contributed by atoms with Crippen molar-refractivity contribution < 1.29 is 14.6 Å². The van der Waals surface area contributed by atoms with E-state index in [4.69, 9.17) is 10.00 Å². The first-order chi connectivity index (χ1) is 12.0. The molecule has 2 atom stereocenters. The predicted octanol–water partition coefficient (Wildman–Crippen LogP) is 2.41. The van der Waals surface area contributed by atoms with Crippen LogP contribution in [0, 0.1) is 11.3 Å². The van der Waals surface area contributed by atoms with Crippen LogP contribution in [-0.4, -0.2) is 40.6 Å². The lowest BCUT2D eigenvalue weighted by molar-refractivity contribution is -0.0177. The van der Waals surface area contributed by atoms with Gasteiger partial charge in [0.25, 0.3) is 5.91 Å². The maximum absolute atomic E-state index is 12.8. The number of H-pyrrole nitrogens is 1. The maximum Gasteiger partial charge on any atom is 0.255 e. The van der Waals surface area contributed by atoms with Gasteiger partial charge in [-0.3, -0.25) is 4.79 Å². The smallest absolute Gasteiger partial charge is 0.255 e. The number of ether oxygens (including phenoxy) is 1. The molecule has 1 fully saturated rings. The Hall–Kier alpha value is -2.78. The second kappa shape index (κ2) is 6.61. The number of methoxy groups -OCH3 is 1. The van der Waals surface area contributed by atoms with Crippen LogP contribution in [0.3, 0.4) is 0 Å². The van der Waals surface area contributed by atoms with E-state index < -0.39 is 5.60 Å². The molecule has 0 saturated carbocycles. The zero-order valence-electron chi connectivity index (χ0n) is 14.3. The molecule has 0 radical (unpaired) electrons. The van der Waals surface area contributed by atoms with Crippen molar-refractivity contribution >= 4 is 5.91 Å². The fraction of sp³-hybridized carbons (Fsp3) is 0.368. The summed E-state index contributed by atoms with van der Waals surface area (Å²) < 4.78 is 5.16. The van der Waals surface area contributed by atoms with Gasteiger partial charge in [-0.2, -0.15) is 5.26 Å². The Morgan fingerprint density at radius 2 is 2.16 bits per heavy atom. The number of aromatic amines is 1. The van der Waals surface area contributed by atoms with E-state index in [2.05, 4.69) is 4.98 Å². The fourth-order valence-corrected chi connectivity index (χ4v) is 3.46. The monoisotopic (exact) mass is 339 g/mol. The molecule has 2 heterocycles. The summed E-state index contributed by atoms with van der Waals surface area (Å²) in [7, 11) is 1.59. The standard InChI is InChI=1S/C19H21N3O3/c1-19(24,14-5-7-16(25-2)8-6-14)17-4-3-9-22(17)18(23)13-10-15(11-20)21-12-13/h5-8,10,12,17,21,24H,3-4,9H2,1-2H3/t17-,19+/m0/s1. The molecule has 1 aromatic carbocycles. The molecular weight excluding hydrogens is 318 g/mol. The summed E-state index contributed by atoms with van der Waals surface area (Å²) in [6, 6.07) is 10.5. The number of aromatic nitrogens is 1. The summed E-state index contributed by atoms with van der Waals surface area (Å²) in [6.45, 7) is 2.33. The van der Waals surface area contributed by atoms with Gasteiger partial charge in [0.15, 0.2) is 0 Å². The highest BCUT2D eigenvalue weighted by molar-refractivity contribution is 5.95. The zero-order chi connectivity index (χ0) is 18.0. The largest absolute Gasteiger partial charge is 0.497 e. The van der Waals surface area contributed by atoms with E-state index in [1.54, 1.807) is 43.3 Å². The van der Waals surface area contributed by atoms with Crippen molar-refractivity contribution in [2.45, 2.75) is 31.4 Å². The van der Waals surface area contributed by atoms with Crippen LogP contribution in [-0.2, 0) is 5.60 Å². The average Bonchev–Trinajstić information content (AvgIpc) is 3.30. The lowest BCUT2D eigenvalue weighted by Gasteiger charge is -2.37. The number of hydrogen-bond donors (Lipinski definition) is 2. The summed E-state index contributed by atoms with van der Waals surface area (Å²) in [6.07, 6.45) is 3.09. The van der Waals surface area contributed by atoms with Gasteiger partial charge in [-0.05, 0) is 43.5 Å². The number of nitriles is 1. The number of amides is 1. The minimum atomic E-state index is -1.17. The molecule has 3 rings (SSSR count). The molecule has 1 amide bonds. The molecular formula is C19H21N3O3. The molecule has 1 aliphatic rings. The SMILES string of the molecule is COc1ccc([C@@](C)(O)[C@@H]2CCCN2C(=O)c2c[nH]c(C#N)c2)cc1. The summed E-state index contributed by atoms with van der Waals surface area (Å²) >= 11 is 0. The van der Waals surface area contributed by atoms with E-state index in [1.165, 1.54) is 0 Å². The highest BCUT2D eigenvalue weighted by Gasteiger charge is 2.42. The van der Waals surface area contributed by atoms with Gasteiger partial charge in [0, 0.05) is 12.7 Å². The van der Waals surface area contributed by atoms with Gasteiger partial charge in [-0.1, -0.05) is 12.1 Å². The van der Waals surface area contributed by atoms with Gasteiger partial charge >= 0.3 is 0 Å². The van der Waals surface area contributed by atoms with Crippen molar-refractivity contribution in [1.82, 2.24) is 9.88 Å². The topological polar surface area (TPSA) is 89.3 Å². The Morgan fingerprint density at radius 1 is 1.44 bits per heavy atom. The van der Waals surface area contributed by atoms with Crippen LogP contribution in [0.25, 0.3) is 0 Å². The minimum absolute atomic E-state index is 0.172. The molecule has 1 saturated heterocycles. The molecule has 130 valence electrons. The van der Waals surface area contributed by atoms with Gasteiger partial charge in [0.05, 0.1) is 18.7 Å². The Labute approximate surface area is 146 Å². The maximum atomic E-state index is 12.8. The third kappa shape index (κ3) is 3.11. The van der Waals surface area contributed by atoms with Crippen molar-refractivity contribution in [3.63, 3.8) is 0 Å². The number of rotatable bonds is 4. The van der Waals surface area contributed by atoms with E-state index >= 15 is 0 Å². The van der Waals surface area contributed by atoms with Crippen molar-refractivity contribution in [3.8, 4) is 11.8 Å². The van der Waals surface area contributed by atoms with Crippen LogP contribution in [0.15, 0.2) is 36.5 Å². The second-order valence-corrected chi connectivity index (χ2v) is 6.45. The van der Waals surface area contributed by atoms with E-state index in [0.29, 0.717) is 17.8 Å². The van der Waals surface area contributed by atoms with Crippen molar-refractivity contribution in [1.29, 1.82) is 5.26 Å². The van der Waals surface area contributed by atoms with Crippen LogP contribution in [0.4, 0.5) is 0 Å². The Kier molecular flexibility index (Phi) is 4.51. The highest BCUT2D eigenvalue weighted by atomic mass is 16.5. The van der Waals surface area contributed by atoms with E-state index in [9.17, 15) is 9.90 Å². The number of hydrogen-bond acceptors (Lipinski definition) is 4. The molecule has 0 unspecified atom stereocenters. The zero-order valence-corrected chi connectivity index (χ0v) is 14.3. The molecule has 0 spiro atoms. The van der Waals surface area contributed by atoms with Crippen molar-refractivity contribution in [2.75, 3.05) is 13.7 Å². The molecule has 6 heteroatoms. The molecule has 1 aromatic heterocycles. The number of likely N-dealkylation sites (tertiary alicyclic amines) is 1. The van der Waals surface area contributed by atoms with Gasteiger partial charge in [0.1, 0.15) is 23.1 Å². The first kappa shape index (κ1) is 17.1. The number of carbonyl (C=O) groups excluding carboxylic acids is 1. The number of nitrogens with zero attached hydrogens (tertiary/aromatic N) is 2. The van der Waals surface area contributed by atoms with Crippen LogP contribution in [0.1, 0.15) is 41.4 Å². The van der Waals surface area contributed by atoms with Crippen LogP contribution >= 0.6 is 0 Å². The lowest BCUT2D eigenvalue weighted by atomic mass is 9.86. The Balaban J connectivity index is 1.86. The quantitative estimate of drug-likeness (QED) is 0.895. The van der Waals surface area contributed by atoms with Gasteiger partial charge < -0.3 is 19.7 Å². The number of nitrogens with one attached hydrogen (secondary N) is 1. The number of benzene rings is 1. The van der Waals surface area contributed by atoms with Crippen molar-refractivity contribution in [2.24, 2.45) is 0 Å². The number of aliphatic hydroxyl groups is 1. The first-order valence-electron chi connectivity index (χ1n) is 8.23. The molecule has 0 aliphatic carbocycles. The van der Waals surface area contributed by atoms with Gasteiger partial charge in [0.2, 0.25) is 0 Å². The molecule has 25 heavy (non-hydrogen) atoms. The summed E-state index contributed by atoms with van der Waals surface area (Å²) in [5, 5.41) is 20.1. The van der Waals surface area contributed by atoms with E-state index in [-0.39, 0.29) is 11.9 Å². The van der Waals surface area contributed by atoms with Gasteiger partial charge in [-0.25, -0.2) is 0 Å². The summed E-state index contributed by atoms with van der Waals surface area (Å²) in [5.41, 5.74) is 0.354. The number of carbonyl (C=O) groups is 1. The van der Waals surface area contributed by atoms with E-state index in [1.807, 2.05) is 18.2 Å². The van der Waals surface area contributed by atoms with Crippen molar-refractivity contribution in [3.05, 3.63) is 53.3 Å². The van der Waals surface area contributed by atoms with Crippen LogP contribution in [0.5, 0.6) is 5.75 Å². The molecule has 0 bridgehead atoms. The molecule has 6 nitrogen and oxygen atoms in total. The third-order valence-corrected chi connectivity index (χ3v) is 4.89. The van der Waals surface area contributed by atoms with Gasteiger partial charge in [-0.15, -0.1) is 0 Å². The predicted molar refractivity (Wildman–Crippen MR) is 92.1 cm³/mol. The Morgan fingerprint density at radius 3 is 2.76 bits per heavy atom. The highest BCUT2D eigenvalue weighted by Crippen LogP contribution is 2.36. The second-order valence-electron chi connectivity index (χ2n) is 6.45. The molecule has 2 N–H and O–H groups in total. The van der Waals surface area contributed by atoms with Crippen LogP contribution in [0.2, 0.25) is 0 Å². The lowest BCUT2D eigenvalue weighted by Crippen LogP contribution is -2.48. The third-order valence-electron chi connectivity index (χ3n) is 4.89. The minimum Gasteiger partial charge on any atom is -0.497 e. The average molecular weight is 339 g/mol. The van der Waals surface area contributed by atoms with E-state index in [0.717, 1.165) is 24.2 Å². The fourth-order valence-electron chi connectivity index (χ4n) is 3.46. The first-order valence-corrected chi connectivity index (χ1v) is 8.23. The molecule has 2 aromatic rings. The summed E-state index contributed by atoms with van der Waals surface area (Å²) in [4.78, 5) is 17.3. The summed E-state index contributed by atoms with van der Waals surface area (Å²) in [5.74, 6) is 0.546.